The molecule has 8 nitrogen and oxygen atoms in total. The second-order valence-electron chi connectivity index (χ2n) is 5.92. The Morgan fingerprint density at radius 1 is 1.38 bits per heavy atom. The van der Waals surface area contributed by atoms with Gasteiger partial charge in [-0.2, -0.15) is 9.97 Å². The molecule has 0 amide bonds. The van der Waals surface area contributed by atoms with Crippen molar-refractivity contribution in [3.05, 3.63) is 40.1 Å². The highest BCUT2D eigenvalue weighted by molar-refractivity contribution is 7.80. The highest BCUT2D eigenvalue weighted by atomic mass is 32.1. The van der Waals surface area contributed by atoms with Crippen molar-refractivity contribution < 1.29 is 4.74 Å². The van der Waals surface area contributed by atoms with Gasteiger partial charge in [-0.15, -0.1) is 0 Å². The minimum atomic E-state index is -0.318. The third kappa shape index (κ3) is 3.72. The lowest BCUT2D eigenvalue weighted by Crippen LogP contribution is -2.18. The lowest BCUT2D eigenvalue weighted by Gasteiger charge is -2.07. The Bertz CT molecular complexity index is 993. The summed E-state index contributed by atoms with van der Waals surface area (Å²) >= 11 is 5.11. The van der Waals surface area contributed by atoms with E-state index in [0.717, 1.165) is 29.0 Å². The normalized spacial score (nSPS) is 11.0. The van der Waals surface area contributed by atoms with Crippen LogP contribution < -0.4 is 16.2 Å². The van der Waals surface area contributed by atoms with Crippen molar-refractivity contribution in [3.8, 4) is 6.01 Å². The Balaban J connectivity index is 1.95. The molecular formula is C17H20N6O2S. The van der Waals surface area contributed by atoms with Crippen LogP contribution in [0.15, 0.2) is 23.1 Å². The molecule has 136 valence electrons. The van der Waals surface area contributed by atoms with E-state index in [4.69, 9.17) is 22.7 Å². The number of hydrogen-bond acceptors (Lipinski definition) is 7. The predicted molar refractivity (Wildman–Crippen MR) is 104 cm³/mol. The number of nitrogen functional groups attached to an aromatic ring is 1. The largest absolute Gasteiger partial charge is 0.463 e. The Labute approximate surface area is 155 Å². The van der Waals surface area contributed by atoms with Gasteiger partial charge >= 0.3 is 11.7 Å². The summed E-state index contributed by atoms with van der Waals surface area (Å²) in [4.78, 5) is 28.5. The summed E-state index contributed by atoms with van der Waals surface area (Å²) in [5.74, 6) is 0.183. The fraction of sp³-hybridized carbons (Fsp3) is 0.353. The van der Waals surface area contributed by atoms with Crippen molar-refractivity contribution in [1.29, 1.82) is 0 Å². The summed E-state index contributed by atoms with van der Waals surface area (Å²) < 4.78 is 7.02. The second kappa shape index (κ2) is 7.61. The average Bonchev–Trinajstić information content (AvgIpc) is 2.92. The number of nitrogens with one attached hydrogen (secondary N) is 1. The summed E-state index contributed by atoms with van der Waals surface area (Å²) in [7, 11) is 0. The third-order valence-electron chi connectivity index (χ3n) is 3.89. The molecule has 3 aromatic rings. The van der Waals surface area contributed by atoms with E-state index in [9.17, 15) is 4.79 Å². The van der Waals surface area contributed by atoms with Crippen LogP contribution in [0.5, 0.6) is 6.01 Å². The van der Waals surface area contributed by atoms with Crippen molar-refractivity contribution in [1.82, 2.24) is 24.5 Å². The molecule has 3 aromatic heterocycles. The van der Waals surface area contributed by atoms with Crippen molar-refractivity contribution in [2.45, 2.75) is 33.2 Å². The van der Waals surface area contributed by atoms with Crippen LogP contribution in [-0.4, -0.2) is 36.0 Å². The Morgan fingerprint density at radius 3 is 2.85 bits per heavy atom. The summed E-state index contributed by atoms with van der Waals surface area (Å²) in [6.45, 7) is 4.68. The molecule has 0 fully saturated rings. The highest BCUT2D eigenvalue weighted by Gasteiger charge is 2.15. The smallest absolute Gasteiger partial charge is 0.328 e. The summed E-state index contributed by atoms with van der Waals surface area (Å²) in [5.41, 5.74) is 8.03. The van der Waals surface area contributed by atoms with Crippen LogP contribution in [-0.2, 0) is 6.54 Å². The SMILES string of the molecule is CCCCOc1nc(N)c2[nH]c(=O)n(Cc3ccc(C(C)=S)nc3)c2n1. The first kappa shape index (κ1) is 18.0. The molecule has 3 heterocycles. The van der Waals surface area contributed by atoms with Gasteiger partial charge in [-0.1, -0.05) is 31.6 Å². The number of aromatic amines is 1. The standard InChI is InChI=1S/C17H20N6O2S/c1-3-4-7-25-16-21-14(18)13-15(22-16)23(17(24)20-13)9-11-5-6-12(10(2)26)19-8-11/h5-6,8H,3-4,7,9H2,1-2H3,(H,20,24)(H2,18,21,22). The number of nitrogens with zero attached hydrogens (tertiary/aromatic N) is 4. The van der Waals surface area contributed by atoms with Gasteiger partial charge in [-0.25, -0.2) is 4.79 Å². The molecule has 3 N–H and O–H groups in total. The molecule has 0 saturated heterocycles. The Kier molecular flexibility index (Phi) is 5.27. The van der Waals surface area contributed by atoms with Crippen molar-refractivity contribution in [2.24, 2.45) is 0 Å². The number of anilines is 1. The number of H-pyrrole nitrogens is 1. The first-order valence-electron chi connectivity index (χ1n) is 8.34. The summed E-state index contributed by atoms with van der Waals surface area (Å²) in [6.07, 6.45) is 3.58. The van der Waals surface area contributed by atoms with Gasteiger partial charge in [0.05, 0.1) is 18.8 Å². The second-order valence-corrected chi connectivity index (χ2v) is 6.53. The van der Waals surface area contributed by atoms with Gasteiger partial charge in [-0.05, 0) is 25.0 Å². The lowest BCUT2D eigenvalue weighted by atomic mass is 10.2. The van der Waals surface area contributed by atoms with E-state index >= 15 is 0 Å². The Hall–Kier alpha value is -2.81. The van der Waals surface area contributed by atoms with Crippen LogP contribution in [0.25, 0.3) is 11.2 Å². The molecule has 0 aromatic carbocycles. The number of fused-ring (bicyclic) bond motifs is 1. The number of ether oxygens (including phenoxy) is 1. The number of aromatic nitrogens is 5. The zero-order valence-electron chi connectivity index (χ0n) is 14.7. The summed E-state index contributed by atoms with van der Waals surface area (Å²) in [5, 5.41) is 0. The number of hydrogen-bond donors (Lipinski definition) is 2. The van der Waals surface area contributed by atoms with E-state index in [2.05, 4.69) is 26.9 Å². The fourth-order valence-corrected chi connectivity index (χ4v) is 2.58. The first-order valence-corrected chi connectivity index (χ1v) is 8.75. The molecule has 0 bridgehead atoms. The first-order chi connectivity index (χ1) is 12.5. The highest BCUT2D eigenvalue weighted by Crippen LogP contribution is 2.18. The predicted octanol–water partition coefficient (Wildman–Crippen LogP) is 2.06. The maximum absolute atomic E-state index is 12.3. The average molecular weight is 372 g/mol. The molecule has 0 aliphatic heterocycles. The van der Waals surface area contributed by atoms with E-state index in [1.54, 1.807) is 6.20 Å². The summed E-state index contributed by atoms with van der Waals surface area (Å²) in [6, 6.07) is 3.88. The van der Waals surface area contributed by atoms with Gasteiger partial charge in [-0.3, -0.25) is 9.55 Å². The van der Waals surface area contributed by atoms with E-state index in [0.29, 0.717) is 24.3 Å². The molecule has 9 heteroatoms. The van der Waals surface area contributed by atoms with Crippen LogP contribution in [0.3, 0.4) is 0 Å². The van der Waals surface area contributed by atoms with Gasteiger partial charge in [0, 0.05) is 11.1 Å². The van der Waals surface area contributed by atoms with Gasteiger partial charge < -0.3 is 15.5 Å². The van der Waals surface area contributed by atoms with Gasteiger partial charge in [0.1, 0.15) is 5.52 Å². The fourth-order valence-electron chi connectivity index (χ4n) is 2.46. The monoisotopic (exact) mass is 372 g/mol. The lowest BCUT2D eigenvalue weighted by molar-refractivity contribution is 0.286. The molecular weight excluding hydrogens is 352 g/mol. The van der Waals surface area contributed by atoms with E-state index in [-0.39, 0.29) is 17.5 Å². The van der Waals surface area contributed by atoms with Crippen molar-refractivity contribution in [3.63, 3.8) is 0 Å². The van der Waals surface area contributed by atoms with E-state index in [1.165, 1.54) is 4.57 Å². The van der Waals surface area contributed by atoms with E-state index < -0.39 is 0 Å². The molecule has 3 rings (SSSR count). The quantitative estimate of drug-likeness (QED) is 0.371. The van der Waals surface area contributed by atoms with Crippen LogP contribution in [0.1, 0.15) is 37.9 Å². The number of thiocarbonyl (C=S) groups is 1. The molecule has 0 aliphatic carbocycles. The molecule has 0 aliphatic rings. The van der Waals surface area contributed by atoms with Crippen molar-refractivity contribution >= 4 is 34.1 Å². The van der Waals surface area contributed by atoms with Crippen LogP contribution in [0.4, 0.5) is 5.82 Å². The minimum absolute atomic E-state index is 0.168. The number of pyridine rings is 1. The van der Waals surface area contributed by atoms with Crippen LogP contribution in [0, 0.1) is 0 Å². The molecule has 0 atom stereocenters. The zero-order chi connectivity index (χ0) is 18.7. The number of rotatable bonds is 7. The molecule has 26 heavy (non-hydrogen) atoms. The number of imidazole rings is 1. The molecule has 0 saturated carbocycles. The van der Waals surface area contributed by atoms with Gasteiger partial charge in [0.2, 0.25) is 0 Å². The number of unbranched alkanes of at least 4 members (excludes halogenated alkanes) is 1. The van der Waals surface area contributed by atoms with Gasteiger partial charge in [0.25, 0.3) is 0 Å². The molecule has 0 unspecified atom stereocenters. The maximum atomic E-state index is 12.3. The minimum Gasteiger partial charge on any atom is -0.463 e. The van der Waals surface area contributed by atoms with Crippen LogP contribution >= 0.6 is 12.2 Å². The van der Waals surface area contributed by atoms with Crippen LogP contribution in [0.2, 0.25) is 0 Å². The third-order valence-corrected chi connectivity index (χ3v) is 4.09. The van der Waals surface area contributed by atoms with E-state index in [1.807, 2.05) is 19.1 Å². The maximum Gasteiger partial charge on any atom is 0.328 e. The van der Waals surface area contributed by atoms with Crippen molar-refractivity contribution in [2.75, 3.05) is 12.3 Å². The Morgan fingerprint density at radius 2 is 2.19 bits per heavy atom. The topological polar surface area (TPSA) is 112 Å². The molecule has 0 spiro atoms. The number of nitrogens with two attached hydrogens (primary N) is 1. The zero-order valence-corrected chi connectivity index (χ0v) is 15.5. The molecule has 0 radical (unpaired) electrons. The van der Waals surface area contributed by atoms with Gasteiger partial charge in [0.15, 0.2) is 11.5 Å².